The molecule has 2 aliphatic heterocycles. The lowest BCUT2D eigenvalue weighted by Gasteiger charge is -2.28. The van der Waals surface area contributed by atoms with Crippen molar-refractivity contribution in [2.45, 2.75) is 6.92 Å². The van der Waals surface area contributed by atoms with Gasteiger partial charge < -0.3 is 24.4 Å². The molecule has 0 radical (unpaired) electrons. The number of anilines is 2. The number of hydrogen-bond acceptors (Lipinski definition) is 8. The largest absolute Gasteiger partial charge is 0.493 e. The Morgan fingerprint density at radius 2 is 1.80 bits per heavy atom. The molecule has 5 rings (SSSR count). The van der Waals surface area contributed by atoms with E-state index in [1.54, 1.807) is 19.2 Å². The zero-order valence-corrected chi connectivity index (χ0v) is 24.1. The van der Waals surface area contributed by atoms with E-state index in [-0.39, 0.29) is 18.4 Å². The van der Waals surface area contributed by atoms with E-state index in [1.807, 2.05) is 67.6 Å². The number of morpholine rings is 1. The topological polar surface area (TPSA) is 92.7 Å². The first-order chi connectivity index (χ1) is 19.9. The number of nitrogens with zero attached hydrogens (tertiary/aromatic N) is 3. The number of thioether (sulfide) groups is 1. The molecule has 0 unspecified atom stereocenters. The Morgan fingerprint density at radius 1 is 1.07 bits per heavy atom. The van der Waals surface area contributed by atoms with Gasteiger partial charge >= 0.3 is 0 Å². The summed E-state index contributed by atoms with van der Waals surface area (Å²) >= 11 is 1.28. The number of likely N-dealkylation sites (N-methyl/N-ethyl adjacent to an activating group) is 1. The molecule has 2 heterocycles. The van der Waals surface area contributed by atoms with Gasteiger partial charge in [0, 0.05) is 37.1 Å². The van der Waals surface area contributed by atoms with Crippen LogP contribution in [0.3, 0.4) is 0 Å². The molecule has 10 heteroatoms. The number of rotatable bonds is 8. The zero-order chi connectivity index (χ0) is 28.8. The molecule has 212 valence electrons. The number of para-hydroxylation sites is 1. The van der Waals surface area contributed by atoms with Crippen molar-refractivity contribution in [3.05, 3.63) is 82.8 Å². The average molecular weight is 573 g/mol. The standard InChI is InChI=1S/C31H32N4O5S/c1-21-7-9-23(10-8-21)32-28(36)20-40-29-22(5-4-6-26(29)38-3)19-27-30(37)34(2)31(41-27)33-24-11-13-25(14-12-24)35-15-17-39-18-16-35/h4-14,19H,15-18,20H2,1-3H3,(H,32,36)/b27-19-,33-31?. The van der Waals surface area contributed by atoms with Gasteiger partial charge in [-0.2, -0.15) is 0 Å². The summed E-state index contributed by atoms with van der Waals surface area (Å²) in [7, 11) is 3.24. The molecule has 2 aliphatic rings. The molecule has 3 aromatic carbocycles. The fourth-order valence-corrected chi connectivity index (χ4v) is 5.37. The minimum Gasteiger partial charge on any atom is -0.493 e. The molecule has 2 saturated heterocycles. The Hall–Kier alpha value is -4.28. The second-order valence-corrected chi connectivity index (χ2v) is 10.6. The van der Waals surface area contributed by atoms with Gasteiger partial charge in [0.2, 0.25) is 0 Å². The molecule has 3 aromatic rings. The highest BCUT2D eigenvalue weighted by Crippen LogP contribution is 2.38. The van der Waals surface area contributed by atoms with Crippen LogP contribution in [0, 0.1) is 6.92 Å². The smallest absolute Gasteiger partial charge is 0.266 e. The van der Waals surface area contributed by atoms with E-state index in [4.69, 9.17) is 19.2 Å². The van der Waals surface area contributed by atoms with Crippen LogP contribution >= 0.6 is 11.8 Å². The van der Waals surface area contributed by atoms with Gasteiger partial charge in [-0.15, -0.1) is 0 Å². The van der Waals surface area contributed by atoms with Crippen LogP contribution in [0.25, 0.3) is 6.08 Å². The van der Waals surface area contributed by atoms with Crippen LogP contribution in [-0.4, -0.2) is 68.9 Å². The molecule has 0 bridgehead atoms. The zero-order valence-electron chi connectivity index (χ0n) is 23.3. The predicted octanol–water partition coefficient (Wildman–Crippen LogP) is 5.09. The van der Waals surface area contributed by atoms with Crippen molar-refractivity contribution in [3.8, 4) is 11.5 Å². The third-order valence-corrected chi connectivity index (χ3v) is 7.71. The summed E-state index contributed by atoms with van der Waals surface area (Å²) in [6.45, 7) is 4.94. The summed E-state index contributed by atoms with van der Waals surface area (Å²) in [6.07, 6.45) is 1.74. The number of amides is 2. The second kappa shape index (κ2) is 12.9. The maximum absolute atomic E-state index is 13.1. The van der Waals surface area contributed by atoms with Gasteiger partial charge in [-0.1, -0.05) is 29.8 Å². The Balaban J connectivity index is 1.31. The lowest BCUT2D eigenvalue weighted by atomic mass is 10.1. The molecule has 9 nitrogen and oxygen atoms in total. The van der Waals surface area contributed by atoms with Crippen LogP contribution in [0.4, 0.5) is 17.1 Å². The normalized spacial score (nSPS) is 17.3. The van der Waals surface area contributed by atoms with Gasteiger partial charge in [-0.3, -0.25) is 14.5 Å². The van der Waals surface area contributed by atoms with Crippen LogP contribution in [0.5, 0.6) is 11.5 Å². The SMILES string of the molecule is COc1cccc(/C=C2\SC(=Nc3ccc(N4CCOCC4)cc3)N(C)C2=O)c1OCC(=O)Nc1ccc(C)cc1. The van der Waals surface area contributed by atoms with Crippen molar-refractivity contribution < 1.29 is 23.8 Å². The third-order valence-electron chi connectivity index (χ3n) is 6.65. The van der Waals surface area contributed by atoms with E-state index in [9.17, 15) is 9.59 Å². The van der Waals surface area contributed by atoms with Crippen molar-refractivity contribution in [2.24, 2.45) is 4.99 Å². The molecule has 0 atom stereocenters. The van der Waals surface area contributed by atoms with Gasteiger partial charge in [0.1, 0.15) is 0 Å². The van der Waals surface area contributed by atoms with Crippen molar-refractivity contribution in [3.63, 3.8) is 0 Å². The molecule has 41 heavy (non-hydrogen) atoms. The number of hydrogen-bond donors (Lipinski definition) is 1. The minimum absolute atomic E-state index is 0.176. The van der Waals surface area contributed by atoms with E-state index in [2.05, 4.69) is 10.2 Å². The molecule has 0 aromatic heterocycles. The number of aliphatic imine (C=N–C) groups is 1. The van der Waals surface area contributed by atoms with Crippen LogP contribution in [0.15, 0.2) is 76.6 Å². The number of aryl methyl sites for hydroxylation is 1. The first-order valence-corrected chi connectivity index (χ1v) is 14.1. The van der Waals surface area contributed by atoms with Gasteiger partial charge in [-0.25, -0.2) is 4.99 Å². The van der Waals surface area contributed by atoms with Gasteiger partial charge in [-0.05, 0) is 67.2 Å². The summed E-state index contributed by atoms with van der Waals surface area (Å²) in [5.74, 6) is 0.352. The number of carbonyl (C=O) groups is 2. The number of amidine groups is 1. The van der Waals surface area contributed by atoms with Crippen LogP contribution in [0.2, 0.25) is 0 Å². The molecule has 2 fully saturated rings. The van der Waals surface area contributed by atoms with Gasteiger partial charge in [0.05, 0.1) is 30.9 Å². The monoisotopic (exact) mass is 572 g/mol. The highest BCUT2D eigenvalue weighted by molar-refractivity contribution is 8.18. The lowest BCUT2D eigenvalue weighted by Crippen LogP contribution is -2.36. The molecular weight excluding hydrogens is 540 g/mol. The van der Waals surface area contributed by atoms with Gasteiger partial charge in [0.15, 0.2) is 23.3 Å². The number of ether oxygens (including phenoxy) is 3. The maximum atomic E-state index is 13.1. The summed E-state index contributed by atoms with van der Waals surface area (Å²) < 4.78 is 16.8. The Bertz CT molecular complexity index is 1460. The van der Waals surface area contributed by atoms with Crippen molar-refractivity contribution in [1.29, 1.82) is 0 Å². The maximum Gasteiger partial charge on any atom is 0.266 e. The van der Waals surface area contributed by atoms with Crippen LogP contribution < -0.4 is 19.7 Å². The van der Waals surface area contributed by atoms with Crippen LogP contribution in [-0.2, 0) is 14.3 Å². The summed E-state index contributed by atoms with van der Waals surface area (Å²) in [4.78, 5) is 34.7. The van der Waals surface area contributed by atoms with E-state index in [0.29, 0.717) is 32.8 Å². The lowest BCUT2D eigenvalue weighted by molar-refractivity contribution is -0.121. The number of methoxy groups -OCH3 is 1. The molecule has 0 saturated carbocycles. The summed E-state index contributed by atoms with van der Waals surface area (Å²) in [5, 5.41) is 3.40. The number of carbonyl (C=O) groups excluding carboxylic acids is 2. The van der Waals surface area contributed by atoms with Crippen molar-refractivity contribution >= 4 is 51.9 Å². The minimum atomic E-state index is -0.307. The Morgan fingerprint density at radius 3 is 2.51 bits per heavy atom. The Labute approximate surface area is 243 Å². The predicted molar refractivity (Wildman–Crippen MR) is 163 cm³/mol. The summed E-state index contributed by atoms with van der Waals surface area (Å²) in [5.41, 5.74) is 4.29. The van der Waals surface area contributed by atoms with E-state index < -0.39 is 0 Å². The quantitative estimate of drug-likeness (QED) is 0.376. The molecule has 0 spiro atoms. The van der Waals surface area contributed by atoms with Gasteiger partial charge in [0.25, 0.3) is 11.8 Å². The van der Waals surface area contributed by atoms with Crippen LogP contribution in [0.1, 0.15) is 11.1 Å². The molecular formula is C31H32N4O5S. The number of nitrogens with one attached hydrogen (secondary N) is 1. The first kappa shape index (κ1) is 28.3. The summed E-state index contributed by atoms with van der Waals surface area (Å²) in [6, 6.07) is 20.9. The highest BCUT2D eigenvalue weighted by Gasteiger charge is 2.31. The van der Waals surface area contributed by atoms with E-state index >= 15 is 0 Å². The highest BCUT2D eigenvalue weighted by atomic mass is 32.2. The van der Waals surface area contributed by atoms with Crippen molar-refractivity contribution in [2.75, 3.05) is 57.3 Å². The average Bonchev–Trinajstić information content (AvgIpc) is 3.25. The number of benzene rings is 3. The Kier molecular flexibility index (Phi) is 8.91. The van der Waals surface area contributed by atoms with E-state index in [0.717, 1.165) is 43.2 Å². The third kappa shape index (κ3) is 6.90. The molecule has 1 N–H and O–H groups in total. The molecule has 2 amide bonds. The van der Waals surface area contributed by atoms with Crippen molar-refractivity contribution in [1.82, 2.24) is 4.90 Å². The van der Waals surface area contributed by atoms with E-state index in [1.165, 1.54) is 23.8 Å². The first-order valence-electron chi connectivity index (χ1n) is 13.3. The second-order valence-electron chi connectivity index (χ2n) is 9.57. The fraction of sp³-hybridized carbons (Fsp3) is 0.258. The fourth-order valence-electron chi connectivity index (χ4n) is 4.40. The molecule has 0 aliphatic carbocycles.